The third-order valence-electron chi connectivity index (χ3n) is 13.2. The van der Waals surface area contributed by atoms with Crippen LogP contribution in [0.15, 0.2) is 249 Å². The summed E-state index contributed by atoms with van der Waals surface area (Å²) in [4.78, 5) is 10.2. The number of nitrogens with one attached hydrogen (secondary N) is 2. The van der Waals surface area contributed by atoms with Gasteiger partial charge in [0, 0.05) is 38.2 Å². The first-order valence-electron chi connectivity index (χ1n) is 23.0. The predicted molar refractivity (Wildman–Crippen MR) is 278 cm³/mol. The van der Waals surface area contributed by atoms with Crippen LogP contribution in [0, 0.1) is 0 Å². The summed E-state index contributed by atoms with van der Waals surface area (Å²) in [5.74, 6) is 1.70. The monoisotopic (exact) mass is 874 g/mol. The fourth-order valence-electron chi connectivity index (χ4n) is 9.71. The van der Waals surface area contributed by atoms with Gasteiger partial charge < -0.3 is 19.5 Å². The number of hydrogen-bond acceptors (Lipinski definition) is 6. The van der Waals surface area contributed by atoms with Crippen molar-refractivity contribution in [3.63, 3.8) is 0 Å². The molecular weight excluding hydrogens is 833 g/mol. The molecule has 0 aliphatic carbocycles. The summed E-state index contributed by atoms with van der Waals surface area (Å²) in [7, 11) is 0. The van der Waals surface area contributed by atoms with E-state index < -0.39 is 0 Å². The molecule has 0 bridgehead atoms. The molecule has 2 aromatic heterocycles. The minimum absolute atomic E-state index is 0.0250. The van der Waals surface area contributed by atoms with Crippen molar-refractivity contribution >= 4 is 66.9 Å². The average molecular weight is 875 g/mol. The predicted octanol–water partition coefficient (Wildman–Crippen LogP) is 15.1. The van der Waals surface area contributed by atoms with E-state index in [9.17, 15) is 0 Å². The van der Waals surface area contributed by atoms with Crippen LogP contribution in [0.5, 0.6) is 0 Å². The van der Waals surface area contributed by atoms with Crippen LogP contribution >= 0.6 is 0 Å². The normalized spacial score (nSPS) is 15.9. The van der Waals surface area contributed by atoms with E-state index in [4.69, 9.17) is 18.8 Å². The Morgan fingerprint density at radius 3 is 1.26 bits per heavy atom. The van der Waals surface area contributed by atoms with Crippen LogP contribution in [0.1, 0.15) is 45.5 Å². The van der Waals surface area contributed by atoms with Crippen LogP contribution in [0.3, 0.4) is 0 Å². The van der Waals surface area contributed by atoms with Gasteiger partial charge in [-0.15, -0.1) is 0 Å². The summed E-state index contributed by atoms with van der Waals surface area (Å²) < 4.78 is 13.5. The van der Waals surface area contributed by atoms with Crippen molar-refractivity contribution in [1.29, 1.82) is 0 Å². The fraction of sp³-hybridized carbons (Fsp3) is 0.0323. The number of fused-ring (bicyclic) bond motifs is 7. The summed E-state index contributed by atoms with van der Waals surface area (Å²) >= 11 is 0. The second-order valence-electron chi connectivity index (χ2n) is 17.4. The lowest BCUT2D eigenvalue weighted by atomic mass is 9.96. The Morgan fingerprint density at radius 2 is 0.706 bits per heavy atom. The molecule has 2 aliphatic heterocycles. The molecule has 0 amide bonds. The zero-order valence-corrected chi connectivity index (χ0v) is 36.8. The molecule has 4 heterocycles. The molecule has 9 aromatic carbocycles. The van der Waals surface area contributed by atoms with Crippen molar-refractivity contribution in [3.8, 4) is 22.3 Å². The van der Waals surface area contributed by atoms with E-state index in [0.29, 0.717) is 0 Å². The lowest BCUT2D eigenvalue weighted by molar-refractivity contribution is 0.633. The summed E-state index contributed by atoms with van der Waals surface area (Å²) in [6.45, 7) is 0. The first-order valence-corrected chi connectivity index (χ1v) is 23.0. The minimum Gasteiger partial charge on any atom is -0.452 e. The lowest BCUT2D eigenvalue weighted by Gasteiger charge is -2.25. The molecule has 0 fully saturated rings. The Kier molecular flexibility index (Phi) is 9.53. The summed E-state index contributed by atoms with van der Waals surface area (Å²) in [6.07, 6.45) is 4.43. The highest BCUT2D eigenvalue weighted by Gasteiger charge is 2.23. The van der Waals surface area contributed by atoms with Gasteiger partial charge in [0.15, 0.2) is 11.2 Å². The Bertz CT molecular complexity index is 3850. The molecular formula is C62H42N4O2. The minimum atomic E-state index is -0.0829. The van der Waals surface area contributed by atoms with E-state index in [1.807, 2.05) is 48.5 Å². The second kappa shape index (κ2) is 16.5. The molecule has 2 atom stereocenters. The third-order valence-corrected chi connectivity index (χ3v) is 13.2. The van der Waals surface area contributed by atoms with Gasteiger partial charge in [-0.2, -0.15) is 0 Å². The molecule has 0 spiro atoms. The number of benzene rings is 9. The number of hydrogen-bond donors (Lipinski definition) is 2. The molecule has 68 heavy (non-hydrogen) atoms. The largest absolute Gasteiger partial charge is 0.452 e. The van der Waals surface area contributed by atoms with Gasteiger partial charge in [-0.25, -0.2) is 9.98 Å². The van der Waals surface area contributed by atoms with E-state index in [1.165, 1.54) is 5.56 Å². The van der Waals surface area contributed by atoms with Crippen LogP contribution < -0.4 is 10.6 Å². The number of nitrogens with zero attached hydrogens (tertiary/aromatic N) is 2. The molecule has 6 heteroatoms. The SMILES string of the molecule is C1=C(c2cccc(-c3ccc4c(c3)oc3c4ccc4c5ccc(-c6cccc(C7C=C(c8ccccc8)N=C(c8ccccc8)N7)c6)cc5oc43)c2)N=C(c2ccccc2)NC1c1ccccc1. The van der Waals surface area contributed by atoms with Gasteiger partial charge in [0.25, 0.3) is 0 Å². The first-order chi connectivity index (χ1) is 33.6. The maximum atomic E-state index is 6.75. The van der Waals surface area contributed by atoms with E-state index in [0.717, 1.165) is 117 Å². The van der Waals surface area contributed by atoms with Crippen molar-refractivity contribution in [2.45, 2.75) is 12.1 Å². The number of rotatable bonds is 8. The van der Waals surface area contributed by atoms with Gasteiger partial charge in [-0.05, 0) is 99.6 Å². The summed E-state index contributed by atoms with van der Waals surface area (Å²) in [6, 6.07) is 76.1. The van der Waals surface area contributed by atoms with Crippen LogP contribution in [0.2, 0.25) is 0 Å². The van der Waals surface area contributed by atoms with E-state index >= 15 is 0 Å². The summed E-state index contributed by atoms with van der Waals surface area (Å²) in [5.41, 5.74) is 15.9. The lowest BCUT2D eigenvalue weighted by Crippen LogP contribution is -2.31. The van der Waals surface area contributed by atoms with Crippen molar-refractivity contribution in [2.24, 2.45) is 9.98 Å². The fourth-order valence-corrected chi connectivity index (χ4v) is 9.71. The maximum absolute atomic E-state index is 6.75. The first kappa shape index (κ1) is 39.4. The van der Waals surface area contributed by atoms with Crippen LogP contribution in [-0.2, 0) is 0 Å². The number of furan rings is 2. The molecule has 2 unspecified atom stereocenters. The highest BCUT2D eigenvalue weighted by Crippen LogP contribution is 2.41. The van der Waals surface area contributed by atoms with Crippen LogP contribution in [0.25, 0.3) is 77.5 Å². The Balaban J connectivity index is 0.827. The van der Waals surface area contributed by atoms with E-state index in [1.54, 1.807) is 0 Å². The number of aliphatic imine (C=N–C) groups is 2. The molecule has 11 aromatic rings. The smallest absolute Gasteiger partial charge is 0.178 e. The van der Waals surface area contributed by atoms with Crippen molar-refractivity contribution < 1.29 is 8.83 Å². The Morgan fingerprint density at radius 1 is 0.309 bits per heavy atom. The van der Waals surface area contributed by atoms with Crippen molar-refractivity contribution in [3.05, 3.63) is 264 Å². The molecule has 322 valence electrons. The molecule has 6 nitrogen and oxygen atoms in total. The van der Waals surface area contributed by atoms with Crippen LogP contribution in [0.4, 0.5) is 0 Å². The van der Waals surface area contributed by atoms with Gasteiger partial charge >= 0.3 is 0 Å². The van der Waals surface area contributed by atoms with Crippen molar-refractivity contribution in [2.75, 3.05) is 0 Å². The third kappa shape index (κ3) is 7.16. The van der Waals surface area contributed by atoms with Gasteiger partial charge in [-0.1, -0.05) is 170 Å². The summed E-state index contributed by atoms with van der Waals surface area (Å²) in [5, 5.41) is 11.5. The zero-order chi connectivity index (χ0) is 45.0. The molecule has 2 N–H and O–H groups in total. The standard InChI is InChI=1S/C62H42N4O2/c1-5-15-39(16-6-1)53-37-55(65-61(63-53)41-19-9-3-10-20-41)47-25-13-23-43(33-47)45-27-29-49-51-31-32-52-50-30-28-46(36-58(50)68-60(52)59(51)67-57(49)35-45)44-24-14-26-48(34-44)56-38-54(40-17-7-2-8-18-40)64-62(66-56)42-21-11-4-12-22-42/h1-38,53,56H,(H,63,65)(H,64,66). The highest BCUT2D eigenvalue weighted by molar-refractivity contribution is 6.19. The van der Waals surface area contributed by atoms with E-state index in [-0.39, 0.29) is 12.1 Å². The second-order valence-corrected chi connectivity index (χ2v) is 17.4. The quantitative estimate of drug-likeness (QED) is 0.159. The van der Waals surface area contributed by atoms with Gasteiger partial charge in [0.05, 0.1) is 23.5 Å². The van der Waals surface area contributed by atoms with E-state index in [2.05, 4.69) is 193 Å². The molecule has 0 saturated heterocycles. The van der Waals surface area contributed by atoms with Gasteiger partial charge in [0.1, 0.15) is 22.8 Å². The molecule has 0 saturated carbocycles. The van der Waals surface area contributed by atoms with Gasteiger partial charge in [0.2, 0.25) is 0 Å². The van der Waals surface area contributed by atoms with Gasteiger partial charge in [-0.3, -0.25) is 0 Å². The zero-order valence-electron chi connectivity index (χ0n) is 36.8. The van der Waals surface area contributed by atoms with Crippen molar-refractivity contribution in [1.82, 2.24) is 10.6 Å². The average Bonchev–Trinajstić information content (AvgIpc) is 4.00. The molecule has 13 rings (SSSR count). The Labute approximate surface area is 393 Å². The van der Waals surface area contributed by atoms with Crippen LogP contribution in [-0.4, -0.2) is 11.7 Å². The topological polar surface area (TPSA) is 75.1 Å². The highest BCUT2D eigenvalue weighted by atomic mass is 16.4. The Hall–Kier alpha value is -9.00. The molecule has 2 aliphatic rings. The molecule has 0 radical (unpaired) electrons. The number of amidine groups is 2. The maximum Gasteiger partial charge on any atom is 0.178 e.